The van der Waals surface area contributed by atoms with Gasteiger partial charge in [-0.3, -0.25) is 9.59 Å². The van der Waals surface area contributed by atoms with Crippen LogP contribution in [0.3, 0.4) is 0 Å². The number of nitrogens with zero attached hydrogens (tertiary/aromatic N) is 1. The van der Waals surface area contributed by atoms with Gasteiger partial charge >= 0.3 is 0 Å². The van der Waals surface area contributed by atoms with Crippen molar-refractivity contribution in [1.82, 2.24) is 4.98 Å². The molecule has 2 amide bonds. The molecule has 1 aliphatic heterocycles. The van der Waals surface area contributed by atoms with E-state index in [0.717, 1.165) is 36.2 Å². The molecule has 0 radical (unpaired) electrons. The van der Waals surface area contributed by atoms with Gasteiger partial charge in [-0.1, -0.05) is 18.2 Å². The number of carbonyl (C=O) groups is 2. The van der Waals surface area contributed by atoms with Crippen LogP contribution in [0.25, 0.3) is 0 Å². The molecule has 0 bridgehead atoms. The normalized spacial score (nSPS) is 18.7. The Morgan fingerprint density at radius 3 is 3.09 bits per heavy atom. The van der Waals surface area contributed by atoms with Crippen LogP contribution in [0.1, 0.15) is 34.9 Å². The largest absolute Gasteiger partial charge is 0.325 e. The van der Waals surface area contributed by atoms with Crippen LogP contribution in [0.5, 0.6) is 0 Å². The molecule has 1 aliphatic carbocycles. The number of nitrogens with one attached hydrogen (secondary N) is 2. The molecule has 1 aromatic carbocycles. The zero-order chi connectivity index (χ0) is 15.1. The summed E-state index contributed by atoms with van der Waals surface area (Å²) >= 11 is 1.55. The molecule has 1 atom stereocenters. The first-order valence-electron chi connectivity index (χ1n) is 7.39. The first-order chi connectivity index (χ1) is 10.7. The molecule has 5 nitrogen and oxygen atoms in total. The van der Waals surface area contributed by atoms with Gasteiger partial charge < -0.3 is 10.6 Å². The summed E-state index contributed by atoms with van der Waals surface area (Å²) in [6.07, 6.45) is 3.36. The molecule has 0 spiro atoms. The lowest BCUT2D eigenvalue weighted by Gasteiger charge is -2.08. The molecule has 1 aromatic heterocycles. The molecule has 4 rings (SSSR count). The highest BCUT2D eigenvalue weighted by molar-refractivity contribution is 7.15. The second-order valence-corrected chi connectivity index (χ2v) is 6.71. The van der Waals surface area contributed by atoms with Crippen molar-refractivity contribution in [3.05, 3.63) is 40.4 Å². The third-order valence-electron chi connectivity index (χ3n) is 4.14. The van der Waals surface area contributed by atoms with E-state index in [2.05, 4.69) is 15.6 Å². The van der Waals surface area contributed by atoms with Crippen LogP contribution in [0.15, 0.2) is 24.3 Å². The highest BCUT2D eigenvalue weighted by Gasteiger charge is 2.32. The Morgan fingerprint density at radius 1 is 1.36 bits per heavy atom. The van der Waals surface area contributed by atoms with Crippen molar-refractivity contribution in [3.63, 3.8) is 0 Å². The maximum Gasteiger partial charge on any atom is 0.232 e. The number of hydrogen-bond donors (Lipinski definition) is 2. The number of hydrogen-bond acceptors (Lipinski definition) is 4. The number of aromatic nitrogens is 1. The van der Waals surface area contributed by atoms with Crippen LogP contribution in [-0.4, -0.2) is 16.8 Å². The van der Waals surface area contributed by atoms with E-state index >= 15 is 0 Å². The molecular weight excluding hydrogens is 298 g/mol. The van der Waals surface area contributed by atoms with Gasteiger partial charge in [0.25, 0.3) is 0 Å². The molecule has 2 N–H and O–H groups in total. The van der Waals surface area contributed by atoms with Gasteiger partial charge in [-0.15, -0.1) is 11.3 Å². The fourth-order valence-electron chi connectivity index (χ4n) is 3.08. The third kappa shape index (κ3) is 2.29. The topological polar surface area (TPSA) is 71.1 Å². The Bertz CT molecular complexity index is 747. The van der Waals surface area contributed by atoms with Gasteiger partial charge in [0.2, 0.25) is 11.8 Å². The van der Waals surface area contributed by atoms with E-state index < -0.39 is 5.92 Å². The minimum absolute atomic E-state index is 0.113. The van der Waals surface area contributed by atoms with Crippen molar-refractivity contribution in [2.75, 3.05) is 10.6 Å². The van der Waals surface area contributed by atoms with Gasteiger partial charge in [-0.25, -0.2) is 4.98 Å². The lowest BCUT2D eigenvalue weighted by molar-refractivity contribution is -0.122. The number of rotatable bonds is 3. The van der Waals surface area contributed by atoms with Crippen LogP contribution in [0, 0.1) is 0 Å². The van der Waals surface area contributed by atoms with Gasteiger partial charge in [0.15, 0.2) is 5.13 Å². The van der Waals surface area contributed by atoms with Crippen molar-refractivity contribution >= 4 is 34.0 Å². The molecular formula is C16H15N3O2S. The number of carbonyl (C=O) groups excluding carboxylic acids is 2. The number of anilines is 2. The maximum absolute atomic E-state index is 12.2. The minimum Gasteiger partial charge on any atom is -0.325 e. The first-order valence-corrected chi connectivity index (χ1v) is 8.20. The quantitative estimate of drug-likeness (QED) is 0.915. The molecule has 2 heterocycles. The lowest BCUT2D eigenvalue weighted by atomic mass is 9.97. The van der Waals surface area contributed by atoms with E-state index in [-0.39, 0.29) is 18.2 Å². The fourth-order valence-corrected chi connectivity index (χ4v) is 4.14. The van der Waals surface area contributed by atoms with E-state index in [1.807, 2.05) is 24.3 Å². The van der Waals surface area contributed by atoms with Gasteiger partial charge in [-0.05, 0) is 30.9 Å². The molecule has 2 aliphatic rings. The average Bonchev–Trinajstić information content (AvgIpc) is 3.13. The summed E-state index contributed by atoms with van der Waals surface area (Å²) in [7, 11) is 0. The van der Waals surface area contributed by atoms with Crippen LogP contribution < -0.4 is 10.6 Å². The van der Waals surface area contributed by atoms with Crippen molar-refractivity contribution in [1.29, 1.82) is 0 Å². The number of benzene rings is 1. The molecule has 2 aromatic rings. The summed E-state index contributed by atoms with van der Waals surface area (Å²) in [6, 6.07) is 7.51. The Morgan fingerprint density at radius 2 is 2.23 bits per heavy atom. The molecule has 6 heteroatoms. The summed E-state index contributed by atoms with van der Waals surface area (Å²) in [5, 5.41) is 6.31. The van der Waals surface area contributed by atoms with Gasteiger partial charge in [0.1, 0.15) is 0 Å². The molecule has 22 heavy (non-hydrogen) atoms. The lowest BCUT2D eigenvalue weighted by Crippen LogP contribution is -2.20. The van der Waals surface area contributed by atoms with Gasteiger partial charge in [-0.2, -0.15) is 0 Å². The Balaban J connectivity index is 1.47. The van der Waals surface area contributed by atoms with Crippen molar-refractivity contribution in [2.24, 2.45) is 0 Å². The molecule has 0 fully saturated rings. The Kier molecular flexibility index (Phi) is 3.18. The smallest absolute Gasteiger partial charge is 0.232 e. The Hall–Kier alpha value is -2.21. The second kappa shape index (κ2) is 5.21. The molecule has 112 valence electrons. The number of amides is 2. The average molecular weight is 313 g/mol. The van der Waals surface area contributed by atoms with E-state index in [1.165, 1.54) is 4.88 Å². The van der Waals surface area contributed by atoms with Crippen molar-refractivity contribution in [3.8, 4) is 0 Å². The first kappa shape index (κ1) is 13.5. The molecule has 0 saturated carbocycles. The van der Waals surface area contributed by atoms with Gasteiger partial charge in [0.05, 0.1) is 11.6 Å². The van der Waals surface area contributed by atoms with Crippen molar-refractivity contribution in [2.45, 2.75) is 31.6 Å². The van der Waals surface area contributed by atoms with Crippen LogP contribution >= 0.6 is 11.3 Å². The van der Waals surface area contributed by atoms with Gasteiger partial charge in [0, 0.05) is 17.0 Å². The van der Waals surface area contributed by atoms with E-state index in [9.17, 15) is 9.59 Å². The SMILES string of the molecule is O=C(C[C@@H]1C(=O)Nc2ccccc21)Nc1nc2c(s1)CCC2. The predicted octanol–water partition coefficient (Wildman–Crippen LogP) is 2.70. The summed E-state index contributed by atoms with van der Waals surface area (Å²) in [4.78, 5) is 30.0. The van der Waals surface area contributed by atoms with E-state index in [0.29, 0.717) is 5.13 Å². The molecule has 0 saturated heterocycles. The van der Waals surface area contributed by atoms with Crippen LogP contribution in [0.4, 0.5) is 10.8 Å². The maximum atomic E-state index is 12.2. The fraction of sp³-hybridized carbons (Fsp3) is 0.312. The van der Waals surface area contributed by atoms with E-state index in [4.69, 9.17) is 0 Å². The summed E-state index contributed by atoms with van der Waals surface area (Å²) in [6.45, 7) is 0. The summed E-state index contributed by atoms with van der Waals surface area (Å²) in [5.41, 5.74) is 2.81. The number of thiazole rings is 1. The third-order valence-corrected chi connectivity index (χ3v) is 5.21. The predicted molar refractivity (Wildman–Crippen MR) is 85.2 cm³/mol. The standard InChI is InChI=1S/C16H15N3O2S/c20-14(19-16-18-12-6-3-7-13(12)22-16)8-10-9-4-1-2-5-11(9)17-15(10)21/h1-2,4-5,10H,3,6-8H2,(H,17,21)(H,18,19,20)/t10-/m0/s1. The molecule has 0 unspecified atom stereocenters. The summed E-state index contributed by atoms with van der Waals surface area (Å²) < 4.78 is 0. The number of para-hydroxylation sites is 1. The second-order valence-electron chi connectivity index (χ2n) is 5.62. The Labute approximate surface area is 131 Å². The van der Waals surface area contributed by atoms with Crippen LogP contribution in [-0.2, 0) is 22.4 Å². The highest BCUT2D eigenvalue weighted by Crippen LogP contribution is 2.35. The van der Waals surface area contributed by atoms with Crippen molar-refractivity contribution < 1.29 is 9.59 Å². The highest BCUT2D eigenvalue weighted by atomic mass is 32.1. The van der Waals surface area contributed by atoms with E-state index in [1.54, 1.807) is 11.3 Å². The zero-order valence-electron chi connectivity index (χ0n) is 11.9. The van der Waals surface area contributed by atoms with Crippen LogP contribution in [0.2, 0.25) is 0 Å². The zero-order valence-corrected chi connectivity index (χ0v) is 12.7. The number of aryl methyl sites for hydroxylation is 2. The number of fused-ring (bicyclic) bond motifs is 2. The monoisotopic (exact) mass is 313 g/mol. The summed E-state index contributed by atoms with van der Waals surface area (Å²) in [5.74, 6) is -0.690. The minimum atomic E-state index is -0.414.